The number of aliphatic hydroxyl groups excluding tert-OH is 1. The molecule has 0 radical (unpaired) electrons. The molecule has 14 heavy (non-hydrogen) atoms. The van der Waals surface area contributed by atoms with Crippen LogP contribution in [-0.2, 0) is 5.75 Å². The van der Waals surface area contributed by atoms with Crippen molar-refractivity contribution in [2.75, 3.05) is 12.4 Å². The number of rotatable bonds is 5. The van der Waals surface area contributed by atoms with Crippen molar-refractivity contribution in [3.63, 3.8) is 0 Å². The van der Waals surface area contributed by atoms with Crippen molar-refractivity contribution in [1.82, 2.24) is 4.98 Å². The van der Waals surface area contributed by atoms with Gasteiger partial charge in [0.2, 0.25) is 0 Å². The van der Waals surface area contributed by atoms with E-state index >= 15 is 0 Å². The molecule has 0 fully saturated rings. The molecule has 1 aromatic heterocycles. The van der Waals surface area contributed by atoms with Crippen LogP contribution in [0, 0.1) is 11.7 Å². The Morgan fingerprint density at radius 1 is 1.57 bits per heavy atom. The third-order valence-corrected chi connectivity index (χ3v) is 3.09. The molecule has 1 atom stereocenters. The second kappa shape index (κ2) is 5.98. The SMILES string of the molecule is CC(CO)CSCc1cncc(F)c1. The quantitative estimate of drug-likeness (QED) is 0.816. The van der Waals surface area contributed by atoms with Crippen LogP contribution in [0.2, 0.25) is 0 Å². The van der Waals surface area contributed by atoms with Gasteiger partial charge < -0.3 is 5.11 Å². The Bertz CT molecular complexity index is 283. The molecule has 1 rings (SSSR count). The highest BCUT2D eigenvalue weighted by Gasteiger charge is 2.01. The number of thioether (sulfide) groups is 1. The molecule has 0 aliphatic rings. The van der Waals surface area contributed by atoms with Crippen LogP contribution in [0.3, 0.4) is 0 Å². The van der Waals surface area contributed by atoms with E-state index in [2.05, 4.69) is 4.98 Å². The van der Waals surface area contributed by atoms with Crippen LogP contribution in [0.5, 0.6) is 0 Å². The van der Waals surface area contributed by atoms with Crippen molar-refractivity contribution in [2.24, 2.45) is 5.92 Å². The first kappa shape index (κ1) is 11.5. The third-order valence-electron chi connectivity index (χ3n) is 1.74. The second-order valence-corrected chi connectivity index (χ2v) is 4.34. The van der Waals surface area contributed by atoms with Crippen molar-refractivity contribution in [1.29, 1.82) is 0 Å². The molecule has 1 N–H and O–H groups in total. The summed E-state index contributed by atoms with van der Waals surface area (Å²) in [7, 11) is 0. The van der Waals surface area contributed by atoms with Crippen molar-refractivity contribution >= 4 is 11.8 Å². The largest absolute Gasteiger partial charge is 0.396 e. The summed E-state index contributed by atoms with van der Waals surface area (Å²) in [6.45, 7) is 2.19. The number of nitrogens with zero attached hydrogens (tertiary/aromatic N) is 1. The lowest BCUT2D eigenvalue weighted by Gasteiger charge is -2.06. The minimum absolute atomic E-state index is 0.203. The van der Waals surface area contributed by atoms with Gasteiger partial charge in [0, 0.05) is 18.6 Å². The maximum atomic E-state index is 12.7. The van der Waals surface area contributed by atoms with Crippen LogP contribution in [0.25, 0.3) is 0 Å². The molecule has 0 saturated heterocycles. The molecule has 1 heterocycles. The summed E-state index contributed by atoms with van der Waals surface area (Å²) in [6, 6.07) is 1.49. The van der Waals surface area contributed by atoms with E-state index < -0.39 is 0 Å². The number of halogens is 1. The maximum absolute atomic E-state index is 12.7. The third kappa shape index (κ3) is 4.07. The van der Waals surface area contributed by atoms with Gasteiger partial charge in [0.05, 0.1) is 6.20 Å². The van der Waals surface area contributed by atoms with E-state index in [0.717, 1.165) is 17.1 Å². The number of pyridine rings is 1. The minimum atomic E-state index is -0.293. The van der Waals surface area contributed by atoms with Gasteiger partial charge >= 0.3 is 0 Å². The van der Waals surface area contributed by atoms with Crippen molar-refractivity contribution < 1.29 is 9.50 Å². The summed E-state index contributed by atoms with van der Waals surface area (Å²) < 4.78 is 12.7. The summed E-state index contributed by atoms with van der Waals surface area (Å²) in [5.74, 6) is 1.63. The topological polar surface area (TPSA) is 33.1 Å². The Labute approximate surface area is 87.6 Å². The fraction of sp³-hybridized carbons (Fsp3) is 0.500. The molecule has 0 saturated carbocycles. The van der Waals surface area contributed by atoms with Gasteiger partial charge in [-0.3, -0.25) is 4.98 Å². The van der Waals surface area contributed by atoms with E-state index in [4.69, 9.17) is 5.11 Å². The van der Waals surface area contributed by atoms with E-state index in [1.165, 1.54) is 12.3 Å². The zero-order chi connectivity index (χ0) is 10.4. The Morgan fingerprint density at radius 3 is 3.00 bits per heavy atom. The first-order chi connectivity index (χ1) is 6.72. The van der Waals surface area contributed by atoms with Gasteiger partial charge in [-0.25, -0.2) is 4.39 Å². The smallest absolute Gasteiger partial charge is 0.141 e. The summed E-state index contributed by atoms with van der Waals surface area (Å²) in [6.07, 6.45) is 2.87. The average Bonchev–Trinajstić information content (AvgIpc) is 2.17. The Morgan fingerprint density at radius 2 is 2.36 bits per heavy atom. The molecule has 1 aromatic rings. The number of aromatic nitrogens is 1. The monoisotopic (exact) mass is 215 g/mol. The standard InChI is InChI=1S/C10H14FNOS/c1-8(5-13)6-14-7-9-2-10(11)4-12-3-9/h2-4,8,13H,5-7H2,1H3. The Kier molecular flexibility index (Phi) is 4.90. The normalized spacial score (nSPS) is 12.8. The van der Waals surface area contributed by atoms with Crippen LogP contribution < -0.4 is 0 Å². The van der Waals surface area contributed by atoms with Gasteiger partial charge in [0.1, 0.15) is 5.82 Å². The highest BCUT2D eigenvalue weighted by Crippen LogP contribution is 2.15. The molecule has 0 aromatic carbocycles. The minimum Gasteiger partial charge on any atom is -0.396 e. The predicted molar refractivity (Wildman–Crippen MR) is 56.6 cm³/mol. The fourth-order valence-electron chi connectivity index (χ4n) is 0.965. The molecular formula is C10H14FNOS. The van der Waals surface area contributed by atoms with E-state index in [1.807, 2.05) is 6.92 Å². The van der Waals surface area contributed by atoms with Gasteiger partial charge in [-0.2, -0.15) is 11.8 Å². The lowest BCUT2D eigenvalue weighted by molar-refractivity contribution is 0.250. The summed E-state index contributed by atoms with van der Waals surface area (Å²) in [5, 5.41) is 8.79. The molecule has 78 valence electrons. The second-order valence-electron chi connectivity index (χ2n) is 3.31. The van der Waals surface area contributed by atoms with Crippen molar-refractivity contribution in [3.05, 3.63) is 29.8 Å². The molecule has 0 aliphatic carbocycles. The molecule has 0 bridgehead atoms. The Hall–Kier alpha value is -0.610. The maximum Gasteiger partial charge on any atom is 0.141 e. The predicted octanol–water partition coefficient (Wildman–Crippen LogP) is 2.08. The zero-order valence-electron chi connectivity index (χ0n) is 8.11. The molecule has 0 spiro atoms. The lowest BCUT2D eigenvalue weighted by Crippen LogP contribution is -2.03. The molecule has 1 unspecified atom stereocenters. The number of hydrogen-bond donors (Lipinski definition) is 1. The molecule has 4 heteroatoms. The summed E-state index contributed by atoms with van der Waals surface area (Å²) in [4.78, 5) is 3.76. The fourth-order valence-corrected chi connectivity index (χ4v) is 1.98. The van der Waals surface area contributed by atoms with Crippen molar-refractivity contribution in [2.45, 2.75) is 12.7 Å². The number of aliphatic hydroxyl groups is 1. The zero-order valence-corrected chi connectivity index (χ0v) is 8.93. The number of hydrogen-bond acceptors (Lipinski definition) is 3. The summed E-state index contributed by atoms with van der Waals surface area (Å²) in [5.41, 5.74) is 0.889. The highest BCUT2D eigenvalue weighted by atomic mass is 32.2. The van der Waals surface area contributed by atoms with Crippen LogP contribution in [0.15, 0.2) is 18.5 Å². The van der Waals surface area contributed by atoms with E-state index in [-0.39, 0.29) is 12.4 Å². The van der Waals surface area contributed by atoms with Crippen LogP contribution in [0.4, 0.5) is 4.39 Å². The van der Waals surface area contributed by atoms with E-state index in [0.29, 0.717) is 5.92 Å². The van der Waals surface area contributed by atoms with E-state index in [1.54, 1.807) is 18.0 Å². The first-order valence-electron chi connectivity index (χ1n) is 4.50. The average molecular weight is 215 g/mol. The van der Waals surface area contributed by atoms with Crippen molar-refractivity contribution in [3.8, 4) is 0 Å². The lowest BCUT2D eigenvalue weighted by atomic mass is 10.2. The van der Waals surface area contributed by atoms with Gasteiger partial charge in [0.25, 0.3) is 0 Å². The van der Waals surface area contributed by atoms with Gasteiger partial charge in [-0.05, 0) is 23.3 Å². The first-order valence-corrected chi connectivity index (χ1v) is 5.66. The molecule has 2 nitrogen and oxygen atoms in total. The van der Waals surface area contributed by atoms with Gasteiger partial charge in [-0.15, -0.1) is 0 Å². The Balaban J connectivity index is 2.31. The molecule has 0 aliphatic heterocycles. The van der Waals surface area contributed by atoms with Crippen LogP contribution >= 0.6 is 11.8 Å². The summed E-state index contributed by atoms with van der Waals surface area (Å²) >= 11 is 1.68. The molecular weight excluding hydrogens is 201 g/mol. The van der Waals surface area contributed by atoms with Gasteiger partial charge in [0.15, 0.2) is 0 Å². The van der Waals surface area contributed by atoms with Gasteiger partial charge in [-0.1, -0.05) is 6.92 Å². The van der Waals surface area contributed by atoms with Crippen LogP contribution in [0.1, 0.15) is 12.5 Å². The molecule has 0 amide bonds. The van der Waals surface area contributed by atoms with E-state index in [9.17, 15) is 4.39 Å². The highest BCUT2D eigenvalue weighted by molar-refractivity contribution is 7.98. The van der Waals surface area contributed by atoms with Crippen LogP contribution in [-0.4, -0.2) is 22.5 Å².